The van der Waals surface area contributed by atoms with Crippen molar-refractivity contribution in [2.75, 3.05) is 19.6 Å². The number of guanidine groups is 1. The molecule has 3 N–H and O–H groups in total. The largest absolute Gasteiger partial charge is 0.459 e. The number of carbonyl (C=O) groups excluding carboxylic acids is 1. The van der Waals surface area contributed by atoms with Crippen LogP contribution in [0.25, 0.3) is 0 Å². The van der Waals surface area contributed by atoms with Gasteiger partial charge in [0, 0.05) is 36.3 Å². The zero-order valence-electron chi connectivity index (χ0n) is 16.0. The van der Waals surface area contributed by atoms with Crippen molar-refractivity contribution in [2.45, 2.75) is 40.2 Å². The van der Waals surface area contributed by atoms with Gasteiger partial charge < -0.3 is 20.4 Å². The topological polar surface area (TPSA) is 91.5 Å². The number of thiazole rings is 1. The normalized spacial score (nSPS) is 11.0. The number of aliphatic imine (C=N–C) groups is 1. The predicted molar refractivity (Wildman–Crippen MR) is 120 cm³/mol. The Labute approximate surface area is 181 Å². The van der Waals surface area contributed by atoms with Crippen molar-refractivity contribution in [1.29, 1.82) is 0 Å². The Hall–Kier alpha value is -1.62. The number of nitrogens with one attached hydrogen (secondary N) is 3. The average Bonchev–Trinajstić information content (AvgIpc) is 3.27. The monoisotopic (exact) mass is 505 g/mol. The predicted octanol–water partition coefficient (Wildman–Crippen LogP) is 3.10. The summed E-state index contributed by atoms with van der Waals surface area (Å²) in [5.74, 6) is 0.959. The van der Waals surface area contributed by atoms with Crippen LogP contribution in [0.15, 0.2) is 27.9 Å². The van der Waals surface area contributed by atoms with E-state index in [-0.39, 0.29) is 29.9 Å². The average molecular weight is 505 g/mol. The van der Waals surface area contributed by atoms with Crippen molar-refractivity contribution < 1.29 is 9.21 Å². The van der Waals surface area contributed by atoms with Crippen LogP contribution in [0, 0.1) is 6.92 Å². The summed E-state index contributed by atoms with van der Waals surface area (Å²) < 4.78 is 5.18. The maximum absolute atomic E-state index is 11.9. The molecular formula is C18H28IN5O2S. The van der Waals surface area contributed by atoms with Crippen LogP contribution in [0.5, 0.6) is 0 Å². The highest BCUT2D eigenvalue weighted by Crippen LogP contribution is 2.13. The molecule has 2 heterocycles. The van der Waals surface area contributed by atoms with Crippen molar-refractivity contribution in [3.63, 3.8) is 0 Å². The summed E-state index contributed by atoms with van der Waals surface area (Å²) >= 11 is 1.70. The Balaban J connectivity index is 0.00000364. The van der Waals surface area contributed by atoms with E-state index in [4.69, 9.17) is 4.42 Å². The van der Waals surface area contributed by atoms with Gasteiger partial charge in [-0.05, 0) is 32.8 Å². The van der Waals surface area contributed by atoms with E-state index in [1.807, 2.05) is 20.0 Å². The van der Waals surface area contributed by atoms with Crippen molar-refractivity contribution in [2.24, 2.45) is 4.99 Å². The lowest BCUT2D eigenvalue weighted by atomic mass is 10.2. The van der Waals surface area contributed by atoms with Crippen LogP contribution >= 0.6 is 35.3 Å². The lowest BCUT2D eigenvalue weighted by molar-refractivity contribution is 0.0925. The number of halogens is 1. The van der Waals surface area contributed by atoms with Gasteiger partial charge >= 0.3 is 0 Å². The minimum absolute atomic E-state index is 0. The lowest BCUT2D eigenvalue weighted by Crippen LogP contribution is -2.38. The van der Waals surface area contributed by atoms with E-state index in [0.29, 0.717) is 25.4 Å². The maximum Gasteiger partial charge on any atom is 0.287 e. The SMILES string of the molecule is CCNC(=NCc1ncc(CC)s1)NCCCNC(=O)c1occc1C.I. The van der Waals surface area contributed by atoms with E-state index in [0.717, 1.165) is 35.9 Å². The number of hydrogen-bond donors (Lipinski definition) is 3. The Morgan fingerprint density at radius 2 is 2.04 bits per heavy atom. The molecule has 27 heavy (non-hydrogen) atoms. The second-order valence-electron chi connectivity index (χ2n) is 5.74. The van der Waals surface area contributed by atoms with Crippen LogP contribution in [0.4, 0.5) is 0 Å². The summed E-state index contributed by atoms with van der Waals surface area (Å²) in [5.41, 5.74) is 0.843. The quantitative estimate of drug-likeness (QED) is 0.211. The molecular weight excluding hydrogens is 477 g/mol. The van der Waals surface area contributed by atoms with Crippen LogP contribution < -0.4 is 16.0 Å². The highest BCUT2D eigenvalue weighted by Gasteiger charge is 2.11. The van der Waals surface area contributed by atoms with Crippen molar-refractivity contribution >= 4 is 47.2 Å². The molecule has 0 spiro atoms. The molecule has 0 saturated heterocycles. The minimum Gasteiger partial charge on any atom is -0.459 e. The van der Waals surface area contributed by atoms with Crippen molar-refractivity contribution in [1.82, 2.24) is 20.9 Å². The molecule has 2 aromatic heterocycles. The third kappa shape index (κ3) is 7.87. The van der Waals surface area contributed by atoms with E-state index in [9.17, 15) is 4.79 Å². The zero-order chi connectivity index (χ0) is 18.8. The van der Waals surface area contributed by atoms with Gasteiger partial charge in [-0.1, -0.05) is 6.92 Å². The first-order valence-corrected chi connectivity index (χ1v) is 9.73. The van der Waals surface area contributed by atoms with Gasteiger partial charge in [0.05, 0.1) is 12.8 Å². The second kappa shape index (κ2) is 12.7. The van der Waals surface area contributed by atoms with Gasteiger partial charge in [0.1, 0.15) is 5.01 Å². The third-order valence-electron chi connectivity index (χ3n) is 3.67. The smallest absolute Gasteiger partial charge is 0.287 e. The highest BCUT2D eigenvalue weighted by atomic mass is 127. The molecule has 0 aliphatic rings. The molecule has 0 fully saturated rings. The molecule has 0 bridgehead atoms. The number of carbonyl (C=O) groups is 1. The number of nitrogens with zero attached hydrogens (tertiary/aromatic N) is 2. The van der Waals surface area contributed by atoms with E-state index in [2.05, 4.69) is 32.9 Å². The molecule has 7 nitrogen and oxygen atoms in total. The van der Waals surface area contributed by atoms with Crippen molar-refractivity contribution in [3.8, 4) is 0 Å². The number of rotatable bonds is 9. The van der Waals surface area contributed by atoms with Crippen LogP contribution in [0.2, 0.25) is 0 Å². The summed E-state index contributed by atoms with van der Waals surface area (Å²) in [7, 11) is 0. The van der Waals surface area contributed by atoms with E-state index in [1.54, 1.807) is 17.4 Å². The fraction of sp³-hybridized carbons (Fsp3) is 0.500. The summed E-state index contributed by atoms with van der Waals surface area (Å²) in [5, 5.41) is 10.4. The Morgan fingerprint density at radius 1 is 1.26 bits per heavy atom. The fourth-order valence-electron chi connectivity index (χ4n) is 2.26. The summed E-state index contributed by atoms with van der Waals surface area (Å²) in [6.45, 7) is 8.64. The summed E-state index contributed by atoms with van der Waals surface area (Å²) in [6, 6.07) is 1.78. The molecule has 0 unspecified atom stereocenters. The molecule has 0 atom stereocenters. The molecule has 1 amide bonds. The summed E-state index contributed by atoms with van der Waals surface area (Å²) in [4.78, 5) is 22.2. The molecule has 150 valence electrons. The molecule has 0 aromatic carbocycles. The number of aryl methyl sites for hydroxylation is 2. The highest BCUT2D eigenvalue weighted by molar-refractivity contribution is 14.0. The molecule has 2 rings (SSSR count). The molecule has 0 saturated carbocycles. The summed E-state index contributed by atoms with van der Waals surface area (Å²) in [6.07, 6.45) is 5.23. The first-order valence-electron chi connectivity index (χ1n) is 8.92. The number of amides is 1. The Morgan fingerprint density at radius 3 is 2.67 bits per heavy atom. The van der Waals surface area contributed by atoms with Gasteiger partial charge in [-0.15, -0.1) is 35.3 Å². The van der Waals surface area contributed by atoms with Gasteiger partial charge in [0.15, 0.2) is 11.7 Å². The first-order chi connectivity index (χ1) is 12.6. The maximum atomic E-state index is 11.9. The van der Waals surface area contributed by atoms with Gasteiger partial charge in [-0.3, -0.25) is 4.79 Å². The number of furan rings is 1. The van der Waals surface area contributed by atoms with E-state index >= 15 is 0 Å². The van der Waals surface area contributed by atoms with Crippen molar-refractivity contribution in [3.05, 3.63) is 39.7 Å². The van der Waals surface area contributed by atoms with Crippen LogP contribution in [-0.2, 0) is 13.0 Å². The van der Waals surface area contributed by atoms with Crippen LogP contribution in [-0.4, -0.2) is 36.5 Å². The molecule has 0 aliphatic carbocycles. The third-order valence-corrected chi connectivity index (χ3v) is 4.79. The zero-order valence-corrected chi connectivity index (χ0v) is 19.1. The van der Waals surface area contributed by atoms with Gasteiger partial charge in [0.2, 0.25) is 0 Å². The molecule has 0 aliphatic heterocycles. The lowest BCUT2D eigenvalue weighted by Gasteiger charge is -2.11. The molecule has 2 aromatic rings. The first kappa shape index (κ1) is 23.4. The van der Waals surface area contributed by atoms with Gasteiger partial charge in [-0.25, -0.2) is 9.98 Å². The standard InChI is InChI=1S/C18H27N5O2S.HI/c1-4-14-11-22-15(26-14)12-23-18(19-5-2)21-9-6-8-20-17(24)16-13(3)7-10-25-16;/h7,10-11H,4-6,8-9,12H2,1-3H3,(H,20,24)(H2,19,21,23);1H. The van der Waals surface area contributed by atoms with Gasteiger partial charge in [0.25, 0.3) is 5.91 Å². The van der Waals surface area contributed by atoms with Crippen LogP contribution in [0.1, 0.15) is 46.3 Å². The van der Waals surface area contributed by atoms with Gasteiger partial charge in [-0.2, -0.15) is 0 Å². The van der Waals surface area contributed by atoms with E-state index in [1.165, 1.54) is 11.1 Å². The fourth-order valence-corrected chi connectivity index (χ4v) is 3.04. The molecule has 9 heteroatoms. The number of aromatic nitrogens is 1. The Kier molecular flexibility index (Phi) is 11.0. The molecule has 0 radical (unpaired) electrons. The number of hydrogen-bond acceptors (Lipinski definition) is 5. The van der Waals surface area contributed by atoms with Crippen LogP contribution in [0.3, 0.4) is 0 Å². The minimum atomic E-state index is -0.177. The van der Waals surface area contributed by atoms with E-state index < -0.39 is 0 Å². The Bertz CT molecular complexity index is 729. The second-order valence-corrected chi connectivity index (χ2v) is 6.94.